The second kappa shape index (κ2) is 6.37. The summed E-state index contributed by atoms with van der Waals surface area (Å²) in [6.45, 7) is 0. The van der Waals surface area contributed by atoms with Crippen LogP contribution in [0, 0.1) is 0 Å². The molecule has 22 heavy (non-hydrogen) atoms. The van der Waals surface area contributed by atoms with E-state index in [1.807, 2.05) is 0 Å². The Hall–Kier alpha value is -2.72. The van der Waals surface area contributed by atoms with Crippen LogP contribution in [0.25, 0.3) is 0 Å². The summed E-state index contributed by atoms with van der Waals surface area (Å²) in [7, 11) is 0. The fourth-order valence-electron chi connectivity index (χ4n) is 1.55. The van der Waals surface area contributed by atoms with E-state index < -0.39 is 0 Å². The molecule has 0 aliphatic carbocycles. The minimum Gasteiger partial charge on any atom is -0.320 e. The van der Waals surface area contributed by atoms with Crippen molar-refractivity contribution in [1.29, 1.82) is 0 Å². The SMILES string of the molecule is O=C(Nc1ccc(NC(=O)c2nncs2)cc1)c1nncs1. The summed E-state index contributed by atoms with van der Waals surface area (Å²) in [4.78, 5) is 23.6. The average Bonchev–Trinajstić information content (AvgIpc) is 3.23. The minimum absolute atomic E-state index is 0.286. The molecule has 3 rings (SSSR count). The number of carbonyl (C=O) groups excluding carboxylic acids is 2. The van der Waals surface area contributed by atoms with Gasteiger partial charge in [-0.1, -0.05) is 22.7 Å². The largest absolute Gasteiger partial charge is 0.320 e. The third-order valence-electron chi connectivity index (χ3n) is 2.51. The van der Waals surface area contributed by atoms with Gasteiger partial charge < -0.3 is 10.6 Å². The summed E-state index contributed by atoms with van der Waals surface area (Å²) < 4.78 is 0. The third-order valence-corrected chi connectivity index (χ3v) is 3.89. The molecule has 0 aliphatic heterocycles. The first kappa shape index (κ1) is 14.2. The third kappa shape index (κ3) is 3.30. The van der Waals surface area contributed by atoms with Gasteiger partial charge in [0, 0.05) is 11.4 Å². The Balaban J connectivity index is 1.63. The number of hydrogen-bond donors (Lipinski definition) is 2. The fraction of sp³-hybridized carbons (Fsp3) is 0. The number of hydrogen-bond acceptors (Lipinski definition) is 8. The molecular weight excluding hydrogens is 324 g/mol. The molecule has 8 nitrogen and oxygen atoms in total. The number of carbonyl (C=O) groups is 2. The Bertz CT molecular complexity index is 703. The van der Waals surface area contributed by atoms with E-state index in [0.717, 1.165) is 22.7 Å². The van der Waals surface area contributed by atoms with Crippen molar-refractivity contribution in [2.24, 2.45) is 0 Å². The van der Waals surface area contributed by atoms with Crippen LogP contribution in [0.2, 0.25) is 0 Å². The van der Waals surface area contributed by atoms with E-state index >= 15 is 0 Å². The van der Waals surface area contributed by atoms with Crippen molar-refractivity contribution in [3.63, 3.8) is 0 Å². The van der Waals surface area contributed by atoms with E-state index in [1.54, 1.807) is 24.3 Å². The van der Waals surface area contributed by atoms with Crippen LogP contribution in [-0.2, 0) is 0 Å². The summed E-state index contributed by atoms with van der Waals surface area (Å²) in [5, 5.41) is 20.5. The van der Waals surface area contributed by atoms with Crippen LogP contribution in [0.4, 0.5) is 11.4 Å². The standard InChI is InChI=1S/C12H8N6O2S2/c19-9(11-17-13-5-21-11)15-7-1-2-8(4-3-7)16-10(20)12-18-14-6-22-12/h1-6H,(H,15,19)(H,16,20). The highest BCUT2D eigenvalue weighted by molar-refractivity contribution is 7.11. The second-order valence-electron chi connectivity index (χ2n) is 3.97. The first-order valence-electron chi connectivity index (χ1n) is 5.97. The van der Waals surface area contributed by atoms with Gasteiger partial charge in [0.15, 0.2) is 0 Å². The van der Waals surface area contributed by atoms with Gasteiger partial charge in [0.05, 0.1) is 0 Å². The molecule has 2 aromatic heterocycles. The van der Waals surface area contributed by atoms with Gasteiger partial charge in [-0.15, -0.1) is 20.4 Å². The number of rotatable bonds is 4. The van der Waals surface area contributed by atoms with Crippen LogP contribution in [-0.4, -0.2) is 32.2 Å². The van der Waals surface area contributed by atoms with Crippen LogP contribution in [0.3, 0.4) is 0 Å². The highest BCUT2D eigenvalue weighted by Gasteiger charge is 2.11. The number of amides is 2. The summed E-state index contributed by atoms with van der Waals surface area (Å²) in [6, 6.07) is 6.70. The van der Waals surface area contributed by atoms with Crippen LogP contribution in [0.15, 0.2) is 35.3 Å². The van der Waals surface area contributed by atoms with E-state index in [4.69, 9.17) is 0 Å². The summed E-state index contributed by atoms with van der Waals surface area (Å²) in [6.07, 6.45) is 0. The van der Waals surface area contributed by atoms with Crippen molar-refractivity contribution in [3.05, 3.63) is 45.3 Å². The number of aromatic nitrogens is 4. The lowest BCUT2D eigenvalue weighted by molar-refractivity contribution is 0.101. The lowest BCUT2D eigenvalue weighted by atomic mass is 10.2. The average molecular weight is 332 g/mol. The number of anilines is 2. The zero-order chi connectivity index (χ0) is 15.4. The van der Waals surface area contributed by atoms with Crippen LogP contribution in [0.1, 0.15) is 19.6 Å². The Kier molecular flexibility index (Phi) is 4.12. The highest BCUT2D eigenvalue weighted by Crippen LogP contribution is 2.16. The zero-order valence-corrected chi connectivity index (χ0v) is 12.5. The molecule has 0 unspecified atom stereocenters. The molecule has 0 fully saturated rings. The maximum absolute atomic E-state index is 11.8. The Labute approximate surface area is 132 Å². The fourth-order valence-corrected chi connectivity index (χ4v) is 2.44. The lowest BCUT2D eigenvalue weighted by Gasteiger charge is -2.05. The van der Waals surface area contributed by atoms with Crippen molar-refractivity contribution in [2.45, 2.75) is 0 Å². The van der Waals surface area contributed by atoms with Crippen LogP contribution in [0.5, 0.6) is 0 Å². The molecular formula is C12H8N6O2S2. The van der Waals surface area contributed by atoms with E-state index in [1.165, 1.54) is 11.0 Å². The van der Waals surface area contributed by atoms with Crippen molar-refractivity contribution >= 4 is 45.9 Å². The first-order valence-corrected chi connectivity index (χ1v) is 7.73. The molecule has 0 spiro atoms. The van der Waals surface area contributed by atoms with Gasteiger partial charge in [0.1, 0.15) is 11.0 Å². The molecule has 10 heteroatoms. The van der Waals surface area contributed by atoms with Gasteiger partial charge in [0.2, 0.25) is 10.0 Å². The van der Waals surface area contributed by atoms with E-state index in [-0.39, 0.29) is 21.8 Å². The molecule has 0 bridgehead atoms. The van der Waals surface area contributed by atoms with Crippen LogP contribution < -0.4 is 10.6 Å². The predicted octanol–water partition coefficient (Wildman–Crippen LogP) is 1.89. The Morgan fingerprint density at radius 1 is 0.773 bits per heavy atom. The lowest BCUT2D eigenvalue weighted by Crippen LogP contribution is -2.13. The van der Waals surface area contributed by atoms with Crippen molar-refractivity contribution < 1.29 is 9.59 Å². The van der Waals surface area contributed by atoms with Gasteiger partial charge in [-0.3, -0.25) is 9.59 Å². The highest BCUT2D eigenvalue weighted by atomic mass is 32.1. The first-order chi connectivity index (χ1) is 10.7. The smallest absolute Gasteiger partial charge is 0.286 e. The number of nitrogens with one attached hydrogen (secondary N) is 2. The van der Waals surface area contributed by atoms with Crippen LogP contribution >= 0.6 is 22.7 Å². The summed E-state index contributed by atoms with van der Waals surface area (Å²) >= 11 is 2.31. The van der Waals surface area contributed by atoms with Gasteiger partial charge in [0.25, 0.3) is 11.8 Å². The van der Waals surface area contributed by atoms with Crippen molar-refractivity contribution in [3.8, 4) is 0 Å². The molecule has 2 heterocycles. The Morgan fingerprint density at radius 2 is 1.18 bits per heavy atom. The predicted molar refractivity (Wildman–Crippen MR) is 82.2 cm³/mol. The minimum atomic E-state index is -0.326. The van der Waals surface area contributed by atoms with E-state index in [0.29, 0.717) is 11.4 Å². The molecule has 0 atom stereocenters. The Morgan fingerprint density at radius 3 is 1.50 bits per heavy atom. The molecule has 0 aliphatic rings. The molecule has 1 aromatic carbocycles. The quantitative estimate of drug-likeness (QED) is 0.755. The molecule has 2 N–H and O–H groups in total. The summed E-state index contributed by atoms with van der Waals surface area (Å²) in [5.41, 5.74) is 4.16. The van der Waals surface area contributed by atoms with Gasteiger partial charge in [-0.05, 0) is 24.3 Å². The van der Waals surface area contributed by atoms with E-state index in [2.05, 4.69) is 31.0 Å². The number of nitrogens with zero attached hydrogens (tertiary/aromatic N) is 4. The van der Waals surface area contributed by atoms with Gasteiger partial charge >= 0.3 is 0 Å². The monoisotopic (exact) mass is 332 g/mol. The van der Waals surface area contributed by atoms with Gasteiger partial charge in [-0.25, -0.2) is 0 Å². The zero-order valence-electron chi connectivity index (χ0n) is 10.9. The van der Waals surface area contributed by atoms with Gasteiger partial charge in [-0.2, -0.15) is 0 Å². The normalized spacial score (nSPS) is 10.2. The molecule has 0 saturated carbocycles. The molecule has 110 valence electrons. The second-order valence-corrected chi connectivity index (χ2v) is 5.64. The van der Waals surface area contributed by atoms with Crippen molar-refractivity contribution in [1.82, 2.24) is 20.4 Å². The van der Waals surface area contributed by atoms with Crippen molar-refractivity contribution in [2.75, 3.05) is 10.6 Å². The molecule has 3 aromatic rings. The molecule has 0 radical (unpaired) electrons. The maximum atomic E-state index is 11.8. The molecule has 2 amide bonds. The topological polar surface area (TPSA) is 110 Å². The maximum Gasteiger partial charge on any atom is 0.286 e. The number of benzene rings is 1. The molecule has 0 saturated heterocycles. The van der Waals surface area contributed by atoms with E-state index in [9.17, 15) is 9.59 Å². The summed E-state index contributed by atoms with van der Waals surface area (Å²) in [5.74, 6) is -0.652.